The second kappa shape index (κ2) is 10.7. The van der Waals surface area contributed by atoms with Crippen LogP contribution in [0.2, 0.25) is 0 Å². The number of benzene rings is 4. The Hall–Kier alpha value is -4.33. The van der Waals surface area contributed by atoms with E-state index < -0.39 is 27.0 Å². The Morgan fingerprint density at radius 1 is 0.850 bits per heavy atom. The summed E-state index contributed by atoms with van der Waals surface area (Å²) in [5, 5.41) is 11.1. The van der Waals surface area contributed by atoms with Crippen molar-refractivity contribution in [3.63, 3.8) is 0 Å². The maximum Gasteiger partial charge on any atom is 0.300 e. The third-order valence-corrected chi connectivity index (χ3v) is 8.21. The van der Waals surface area contributed by atoms with Crippen LogP contribution < -0.4 is 4.72 Å². The number of hydrogen-bond donors (Lipinski definition) is 2. The molecule has 0 aromatic heterocycles. The van der Waals surface area contributed by atoms with Crippen LogP contribution in [0.5, 0.6) is 0 Å². The van der Waals surface area contributed by atoms with Gasteiger partial charge in [0, 0.05) is 16.7 Å². The van der Waals surface area contributed by atoms with Gasteiger partial charge in [0.05, 0.1) is 5.69 Å². The van der Waals surface area contributed by atoms with Crippen molar-refractivity contribution in [1.82, 2.24) is 0 Å². The molecule has 1 atom stereocenters. The molecule has 0 aliphatic heterocycles. The summed E-state index contributed by atoms with van der Waals surface area (Å²) in [7, 11) is -4.49. The molecule has 1 aliphatic rings. The number of anilines is 1. The van der Waals surface area contributed by atoms with E-state index in [9.17, 15) is 23.1 Å². The van der Waals surface area contributed by atoms with Gasteiger partial charge in [-0.05, 0) is 51.9 Å². The maximum absolute atomic E-state index is 13.3. The number of Topliss-reactive ketones (excluding diaryl/α,β-unsaturated/α-hetero) is 1. The Balaban J connectivity index is 1.43. The molecule has 0 saturated heterocycles. The van der Waals surface area contributed by atoms with Crippen LogP contribution in [0.3, 0.4) is 0 Å². The van der Waals surface area contributed by atoms with Crippen LogP contribution in [-0.2, 0) is 10.0 Å². The molecule has 4 aromatic carbocycles. The predicted molar refractivity (Wildman–Crippen MR) is 159 cm³/mol. The number of ketones is 1. The molecule has 6 nitrogen and oxygen atoms in total. The molecule has 0 heterocycles. The molecule has 0 amide bonds. The van der Waals surface area contributed by atoms with Crippen molar-refractivity contribution < 1.29 is 23.1 Å². The van der Waals surface area contributed by atoms with E-state index in [1.807, 2.05) is 42.5 Å². The zero-order valence-electron chi connectivity index (χ0n) is 22.2. The summed E-state index contributed by atoms with van der Waals surface area (Å²) in [6.45, 7) is 4.23. The van der Waals surface area contributed by atoms with Crippen LogP contribution in [0, 0.1) is 5.41 Å². The highest BCUT2D eigenvalue weighted by atomic mass is 32.2. The monoisotopic (exact) mass is 551 g/mol. The van der Waals surface area contributed by atoms with Crippen molar-refractivity contribution in [1.29, 1.82) is 0 Å². The minimum atomic E-state index is -4.49. The number of fused-ring (bicyclic) bond motifs is 1. The molecule has 5 rings (SSSR count). The van der Waals surface area contributed by atoms with Crippen molar-refractivity contribution in [2.24, 2.45) is 5.41 Å². The highest BCUT2D eigenvalue weighted by molar-refractivity contribution is 8.07. The molecule has 0 spiro atoms. The van der Waals surface area contributed by atoms with Crippen LogP contribution in [0.4, 0.5) is 5.69 Å². The lowest BCUT2D eigenvalue weighted by Crippen LogP contribution is -2.24. The quantitative estimate of drug-likeness (QED) is 0.249. The van der Waals surface area contributed by atoms with Crippen LogP contribution in [0.25, 0.3) is 16.3 Å². The van der Waals surface area contributed by atoms with Crippen LogP contribution in [0.15, 0.2) is 109 Å². The van der Waals surface area contributed by atoms with E-state index in [-0.39, 0.29) is 16.5 Å². The molecule has 202 valence electrons. The first-order valence-electron chi connectivity index (χ1n) is 12.9. The third kappa shape index (κ3) is 5.52. The first kappa shape index (κ1) is 27.2. The van der Waals surface area contributed by atoms with E-state index >= 15 is 0 Å². The van der Waals surface area contributed by atoms with Crippen LogP contribution in [-0.4, -0.2) is 24.4 Å². The Bertz CT molecular complexity index is 1770. The van der Waals surface area contributed by atoms with Gasteiger partial charge < -0.3 is 5.11 Å². The molecule has 1 unspecified atom stereocenters. The lowest BCUT2D eigenvalue weighted by Gasteiger charge is -2.27. The van der Waals surface area contributed by atoms with Gasteiger partial charge in [-0.1, -0.05) is 105 Å². The third-order valence-electron chi connectivity index (χ3n) is 7.00. The van der Waals surface area contributed by atoms with Gasteiger partial charge in [-0.25, -0.2) is 0 Å². The highest BCUT2D eigenvalue weighted by Gasteiger charge is 2.28. The highest BCUT2D eigenvalue weighted by Crippen LogP contribution is 2.41. The Labute approximate surface area is 233 Å². The fraction of sp³-hybridized carbons (Fsp3) is 0.152. The van der Waals surface area contributed by atoms with E-state index in [1.54, 1.807) is 36.4 Å². The first-order valence-corrected chi connectivity index (χ1v) is 14.4. The fourth-order valence-electron chi connectivity index (χ4n) is 4.97. The average Bonchev–Trinajstić information content (AvgIpc) is 2.95. The Morgan fingerprint density at radius 3 is 2.20 bits per heavy atom. The summed E-state index contributed by atoms with van der Waals surface area (Å²) < 4.78 is 29.1. The smallest absolute Gasteiger partial charge is 0.300 e. The van der Waals surface area contributed by atoms with E-state index in [0.29, 0.717) is 17.7 Å². The van der Waals surface area contributed by atoms with E-state index in [1.165, 1.54) is 24.3 Å². The molecule has 7 heteroatoms. The van der Waals surface area contributed by atoms with Crippen molar-refractivity contribution >= 4 is 43.0 Å². The second-order valence-electron chi connectivity index (χ2n) is 10.6. The van der Waals surface area contributed by atoms with Crippen LogP contribution >= 0.6 is 0 Å². The van der Waals surface area contributed by atoms with Gasteiger partial charge in [-0.3, -0.25) is 14.3 Å². The van der Waals surface area contributed by atoms with Gasteiger partial charge in [0.2, 0.25) is 0 Å². The lowest BCUT2D eigenvalue weighted by molar-refractivity contribution is 0.0747. The Kier molecular flexibility index (Phi) is 7.27. The first-order chi connectivity index (χ1) is 19.1. The zero-order valence-corrected chi connectivity index (χ0v) is 23.0. The van der Waals surface area contributed by atoms with Gasteiger partial charge in [0.25, 0.3) is 5.12 Å². The molecule has 0 radical (unpaired) electrons. The number of nitrogens with one attached hydrogen (secondary N) is 1. The standard InChI is InChI=1S/C33H29NO5S/c1-33(2)20-8-12-26(21-33)29-27-13-7-6-9-22(27)18-19-28(29)34-40(38,39)32(37)25-16-14-24(15-17-25)31(36)30(35)23-10-4-3-5-11-23/h3-20,30,34-35H,21H2,1-2H3. The summed E-state index contributed by atoms with van der Waals surface area (Å²) in [5.74, 6) is -0.551. The van der Waals surface area contributed by atoms with Crippen molar-refractivity contribution in [3.8, 4) is 0 Å². The Morgan fingerprint density at radius 2 is 1.50 bits per heavy atom. The fourth-order valence-corrected chi connectivity index (χ4v) is 5.97. The average molecular weight is 552 g/mol. The largest absolute Gasteiger partial charge is 0.380 e. The normalized spacial score (nSPS) is 15.3. The number of aliphatic hydroxyl groups excluding tert-OH is 1. The lowest BCUT2D eigenvalue weighted by atomic mass is 9.79. The molecule has 0 saturated carbocycles. The van der Waals surface area contributed by atoms with Gasteiger partial charge in [0.1, 0.15) is 6.10 Å². The minimum absolute atomic E-state index is 0.0958. The molecule has 0 bridgehead atoms. The molecule has 2 N–H and O–H groups in total. The number of rotatable bonds is 7. The van der Waals surface area contributed by atoms with Gasteiger partial charge in [0.15, 0.2) is 5.78 Å². The molecular weight excluding hydrogens is 522 g/mol. The van der Waals surface area contributed by atoms with E-state index in [2.05, 4.69) is 24.6 Å². The SMILES string of the molecule is CC1(C)C=CC=C(c2c(NS(=O)(=O)C(=O)c3ccc(C(=O)C(O)c4ccccc4)cc3)ccc3ccccc23)C1. The minimum Gasteiger partial charge on any atom is -0.380 e. The number of aliphatic hydroxyl groups is 1. The van der Waals surface area contributed by atoms with Crippen molar-refractivity contribution in [3.05, 3.63) is 131 Å². The number of carbonyl (C=O) groups is 2. The predicted octanol–water partition coefficient (Wildman–Crippen LogP) is 6.71. The molecule has 1 aliphatic carbocycles. The number of carbonyl (C=O) groups excluding carboxylic acids is 2. The molecule has 4 aromatic rings. The molecule has 0 fully saturated rings. The van der Waals surface area contributed by atoms with Crippen molar-refractivity contribution in [2.75, 3.05) is 4.72 Å². The topological polar surface area (TPSA) is 101 Å². The van der Waals surface area contributed by atoms with Gasteiger partial charge >= 0.3 is 10.0 Å². The summed E-state index contributed by atoms with van der Waals surface area (Å²) in [5.41, 5.74) is 2.42. The van der Waals surface area contributed by atoms with E-state index in [0.717, 1.165) is 21.9 Å². The summed E-state index contributed by atoms with van der Waals surface area (Å²) >= 11 is 0. The number of allylic oxidation sites excluding steroid dienone is 4. The summed E-state index contributed by atoms with van der Waals surface area (Å²) in [6, 6.07) is 25.0. The van der Waals surface area contributed by atoms with Gasteiger partial charge in [-0.15, -0.1) is 0 Å². The zero-order chi connectivity index (χ0) is 28.5. The second-order valence-corrected chi connectivity index (χ2v) is 12.2. The summed E-state index contributed by atoms with van der Waals surface area (Å²) in [6.07, 6.45) is 5.40. The van der Waals surface area contributed by atoms with Crippen LogP contribution in [0.1, 0.15) is 58.2 Å². The van der Waals surface area contributed by atoms with Gasteiger partial charge in [-0.2, -0.15) is 8.42 Å². The number of sulfonamides is 1. The molecule has 40 heavy (non-hydrogen) atoms. The molecular formula is C33H29NO5S. The maximum atomic E-state index is 13.3. The van der Waals surface area contributed by atoms with Crippen molar-refractivity contribution in [2.45, 2.75) is 26.4 Å². The van der Waals surface area contributed by atoms with E-state index in [4.69, 9.17) is 0 Å². The summed E-state index contributed by atoms with van der Waals surface area (Å²) in [4.78, 5) is 25.9. The number of hydrogen-bond acceptors (Lipinski definition) is 5.